The van der Waals surface area contributed by atoms with Crippen LogP contribution in [0.25, 0.3) is 22.3 Å². The van der Waals surface area contributed by atoms with Gasteiger partial charge in [-0.15, -0.1) is 0 Å². The molecule has 8 nitrogen and oxygen atoms in total. The van der Waals surface area contributed by atoms with E-state index in [0.717, 1.165) is 31.5 Å². The molecule has 0 saturated heterocycles. The van der Waals surface area contributed by atoms with E-state index in [1.54, 1.807) is 0 Å². The predicted molar refractivity (Wildman–Crippen MR) is 113 cm³/mol. The van der Waals surface area contributed by atoms with Crippen molar-refractivity contribution in [2.75, 3.05) is 5.32 Å². The van der Waals surface area contributed by atoms with Gasteiger partial charge in [-0.3, -0.25) is 4.79 Å². The molecule has 170 valence electrons. The van der Waals surface area contributed by atoms with Gasteiger partial charge in [-0.1, -0.05) is 5.16 Å². The second kappa shape index (κ2) is 8.57. The largest absolute Gasteiger partial charge is 0.365 e. The van der Waals surface area contributed by atoms with E-state index in [9.17, 15) is 18.0 Å². The van der Waals surface area contributed by atoms with E-state index in [0.29, 0.717) is 12.0 Å². The SMILES string of the molecule is O=C(N[C@@H]1CCC[C@H](Nc2nc(-c3c[nH]c4c(F)cc(F)cc34)ncc2F)C1)c1ccno1. The van der Waals surface area contributed by atoms with Crippen LogP contribution in [0.3, 0.4) is 0 Å². The quantitative estimate of drug-likeness (QED) is 0.416. The number of carbonyl (C=O) groups excluding carboxylic acids is 1. The molecule has 3 N–H and O–H groups in total. The Morgan fingerprint density at radius 2 is 2.00 bits per heavy atom. The number of anilines is 1. The Kier molecular flexibility index (Phi) is 5.45. The molecule has 11 heteroatoms. The van der Waals surface area contributed by atoms with Crippen LogP contribution in [-0.2, 0) is 0 Å². The molecule has 1 aliphatic carbocycles. The van der Waals surface area contributed by atoms with E-state index in [1.165, 1.54) is 24.5 Å². The van der Waals surface area contributed by atoms with Gasteiger partial charge < -0.3 is 20.1 Å². The highest BCUT2D eigenvalue weighted by molar-refractivity contribution is 5.94. The number of hydrogen-bond acceptors (Lipinski definition) is 6. The minimum atomic E-state index is -0.739. The fraction of sp³-hybridized carbons (Fsp3) is 0.273. The minimum Gasteiger partial charge on any atom is -0.365 e. The van der Waals surface area contributed by atoms with Crippen molar-refractivity contribution in [3.63, 3.8) is 0 Å². The number of fused-ring (bicyclic) bond motifs is 1. The highest BCUT2D eigenvalue weighted by Gasteiger charge is 2.26. The molecule has 4 aromatic rings. The van der Waals surface area contributed by atoms with Crippen LogP contribution >= 0.6 is 0 Å². The van der Waals surface area contributed by atoms with Crippen molar-refractivity contribution in [1.29, 1.82) is 0 Å². The summed E-state index contributed by atoms with van der Waals surface area (Å²) in [5.74, 6) is -2.24. The Hall–Kier alpha value is -3.89. The van der Waals surface area contributed by atoms with Gasteiger partial charge >= 0.3 is 0 Å². The molecule has 1 aliphatic rings. The molecule has 5 rings (SSSR count). The van der Waals surface area contributed by atoms with Crippen LogP contribution in [-0.4, -0.2) is 38.1 Å². The van der Waals surface area contributed by atoms with E-state index < -0.39 is 17.5 Å². The van der Waals surface area contributed by atoms with Crippen molar-refractivity contribution in [2.24, 2.45) is 0 Å². The molecule has 0 bridgehead atoms. The number of amides is 1. The Bertz CT molecular complexity index is 1310. The molecule has 2 atom stereocenters. The van der Waals surface area contributed by atoms with Crippen LogP contribution in [0.4, 0.5) is 19.0 Å². The van der Waals surface area contributed by atoms with E-state index in [4.69, 9.17) is 4.52 Å². The number of hydrogen-bond donors (Lipinski definition) is 3. The summed E-state index contributed by atoms with van der Waals surface area (Å²) in [4.78, 5) is 23.2. The maximum absolute atomic E-state index is 14.5. The fourth-order valence-electron chi connectivity index (χ4n) is 4.17. The normalized spacial score (nSPS) is 18.4. The summed E-state index contributed by atoms with van der Waals surface area (Å²) in [6, 6.07) is 3.16. The van der Waals surface area contributed by atoms with Gasteiger partial charge in [0.25, 0.3) is 5.91 Å². The van der Waals surface area contributed by atoms with Crippen molar-refractivity contribution in [3.8, 4) is 11.4 Å². The number of rotatable bonds is 5. The number of carbonyl (C=O) groups is 1. The van der Waals surface area contributed by atoms with E-state index in [-0.39, 0.29) is 46.3 Å². The van der Waals surface area contributed by atoms with Crippen LogP contribution in [0, 0.1) is 17.5 Å². The highest BCUT2D eigenvalue weighted by Crippen LogP contribution is 2.30. The van der Waals surface area contributed by atoms with Crippen molar-refractivity contribution in [2.45, 2.75) is 37.8 Å². The van der Waals surface area contributed by atoms with Crippen molar-refractivity contribution in [1.82, 2.24) is 25.4 Å². The highest BCUT2D eigenvalue weighted by atomic mass is 19.1. The molecule has 0 aliphatic heterocycles. The van der Waals surface area contributed by atoms with Gasteiger partial charge in [0.15, 0.2) is 17.5 Å². The topological polar surface area (TPSA) is 109 Å². The number of H-pyrrole nitrogens is 1. The van der Waals surface area contributed by atoms with Crippen LogP contribution in [0.5, 0.6) is 0 Å². The summed E-state index contributed by atoms with van der Waals surface area (Å²) in [5, 5.41) is 9.78. The average Bonchev–Trinajstić information content (AvgIpc) is 3.46. The summed E-state index contributed by atoms with van der Waals surface area (Å²) in [6.07, 6.45) is 6.79. The molecular weight excluding hydrogens is 437 g/mol. The van der Waals surface area contributed by atoms with E-state index in [2.05, 4.69) is 30.7 Å². The molecule has 1 saturated carbocycles. The zero-order chi connectivity index (χ0) is 22.9. The Morgan fingerprint density at radius 1 is 1.15 bits per heavy atom. The number of aromatic nitrogens is 4. The molecule has 0 spiro atoms. The number of halogens is 3. The van der Waals surface area contributed by atoms with E-state index >= 15 is 0 Å². The van der Waals surface area contributed by atoms with Gasteiger partial charge in [-0.2, -0.15) is 0 Å². The van der Waals surface area contributed by atoms with Gasteiger partial charge in [-0.05, 0) is 31.7 Å². The molecule has 33 heavy (non-hydrogen) atoms. The smallest absolute Gasteiger partial charge is 0.290 e. The van der Waals surface area contributed by atoms with E-state index in [1.807, 2.05) is 0 Å². The minimum absolute atomic E-state index is 0.0153. The molecule has 3 aromatic heterocycles. The zero-order valence-electron chi connectivity index (χ0n) is 17.2. The van der Waals surface area contributed by atoms with Crippen molar-refractivity contribution >= 4 is 22.6 Å². The maximum Gasteiger partial charge on any atom is 0.290 e. The first-order valence-corrected chi connectivity index (χ1v) is 10.4. The fourth-order valence-corrected chi connectivity index (χ4v) is 4.17. The third-order valence-corrected chi connectivity index (χ3v) is 5.70. The standard InChI is InChI=1S/C22H19F3N6O2/c23-11-6-14-15(9-26-19(14)16(24)7-11)20-27-10-17(25)21(31-20)29-12-2-1-3-13(8-12)30-22(32)18-4-5-28-33-18/h4-7,9-10,12-13,26H,1-3,8H2,(H,30,32)(H,27,29,31)/t12-,13+/m0/s1. The molecule has 1 fully saturated rings. The van der Waals surface area contributed by atoms with Gasteiger partial charge in [0.05, 0.1) is 17.9 Å². The molecular formula is C22H19F3N6O2. The monoisotopic (exact) mass is 456 g/mol. The first-order valence-electron chi connectivity index (χ1n) is 10.4. The second-order valence-corrected chi connectivity index (χ2v) is 7.96. The maximum atomic E-state index is 14.5. The molecule has 3 heterocycles. The summed E-state index contributed by atoms with van der Waals surface area (Å²) in [7, 11) is 0. The summed E-state index contributed by atoms with van der Waals surface area (Å²) < 4.78 is 47.1. The first-order chi connectivity index (χ1) is 16.0. The molecule has 0 radical (unpaired) electrons. The number of nitrogens with zero attached hydrogens (tertiary/aromatic N) is 3. The lowest BCUT2D eigenvalue weighted by molar-refractivity contribution is 0.0889. The van der Waals surface area contributed by atoms with Gasteiger partial charge in [0.1, 0.15) is 11.6 Å². The second-order valence-electron chi connectivity index (χ2n) is 7.96. The first kappa shape index (κ1) is 21.0. The third kappa shape index (κ3) is 4.26. The van der Waals surface area contributed by atoms with Crippen LogP contribution in [0.2, 0.25) is 0 Å². The van der Waals surface area contributed by atoms with Crippen LogP contribution in [0.15, 0.2) is 41.3 Å². The van der Waals surface area contributed by atoms with Gasteiger partial charge in [-0.25, -0.2) is 23.1 Å². The predicted octanol–water partition coefficient (Wildman–Crippen LogP) is 4.18. The van der Waals surface area contributed by atoms with Crippen LogP contribution in [0.1, 0.15) is 36.2 Å². The third-order valence-electron chi connectivity index (χ3n) is 5.70. The Labute approximate surface area is 185 Å². The molecule has 0 unspecified atom stereocenters. The van der Waals surface area contributed by atoms with Crippen molar-refractivity contribution < 1.29 is 22.5 Å². The molecule has 1 amide bonds. The lowest BCUT2D eigenvalue weighted by atomic mass is 9.91. The average molecular weight is 456 g/mol. The Balaban J connectivity index is 1.34. The van der Waals surface area contributed by atoms with Gasteiger partial charge in [0, 0.05) is 41.4 Å². The lowest BCUT2D eigenvalue weighted by Crippen LogP contribution is -2.41. The number of aromatic amines is 1. The van der Waals surface area contributed by atoms with Gasteiger partial charge in [0.2, 0.25) is 5.76 Å². The van der Waals surface area contributed by atoms with Crippen LogP contribution < -0.4 is 10.6 Å². The summed E-state index contributed by atoms with van der Waals surface area (Å²) in [6.45, 7) is 0. The number of benzene rings is 1. The molecule has 1 aromatic carbocycles. The zero-order valence-corrected chi connectivity index (χ0v) is 17.2. The van der Waals surface area contributed by atoms with Crippen molar-refractivity contribution in [3.05, 3.63) is 60.0 Å². The number of nitrogens with one attached hydrogen (secondary N) is 3. The summed E-state index contributed by atoms with van der Waals surface area (Å²) in [5.41, 5.74) is 0.471. The lowest BCUT2D eigenvalue weighted by Gasteiger charge is -2.30. The summed E-state index contributed by atoms with van der Waals surface area (Å²) >= 11 is 0. The Morgan fingerprint density at radius 3 is 2.82 bits per heavy atom.